The van der Waals surface area contributed by atoms with E-state index >= 15 is 0 Å². The normalized spacial score (nSPS) is 19.0. The summed E-state index contributed by atoms with van der Waals surface area (Å²) in [6, 6.07) is 1.83. The van der Waals surface area contributed by atoms with Crippen LogP contribution >= 0.6 is 0 Å². The van der Waals surface area contributed by atoms with E-state index in [9.17, 15) is 0 Å². The third kappa shape index (κ3) is 2.40. The Kier molecular flexibility index (Phi) is 3.59. The highest BCUT2D eigenvalue weighted by Gasteiger charge is 2.37. The maximum Gasteiger partial charge on any atom is 0.162 e. The van der Waals surface area contributed by atoms with Crippen LogP contribution in [-0.4, -0.2) is 17.1 Å². The second kappa shape index (κ2) is 4.98. The van der Waals surface area contributed by atoms with Crippen LogP contribution in [0.1, 0.15) is 43.6 Å². The summed E-state index contributed by atoms with van der Waals surface area (Å²) >= 11 is 0. The first-order valence-electron chi connectivity index (χ1n) is 6.08. The number of hydrazine groups is 1. The second-order valence-electron chi connectivity index (χ2n) is 4.62. The van der Waals surface area contributed by atoms with Gasteiger partial charge in [0.25, 0.3) is 0 Å². The van der Waals surface area contributed by atoms with Crippen molar-refractivity contribution >= 4 is 5.82 Å². The molecule has 1 heterocycles. The number of hydrogen-bond donors (Lipinski definition) is 2. The van der Waals surface area contributed by atoms with Gasteiger partial charge in [-0.25, -0.2) is 15.8 Å². The van der Waals surface area contributed by atoms with Crippen molar-refractivity contribution in [3.63, 3.8) is 0 Å². The summed E-state index contributed by atoms with van der Waals surface area (Å²) in [6.45, 7) is 1.94. The van der Waals surface area contributed by atoms with Crippen LogP contribution in [-0.2, 0) is 10.3 Å². The lowest BCUT2D eigenvalue weighted by molar-refractivity contribution is -0.0515. The number of nitrogen functional groups attached to an aromatic ring is 1. The Hall–Kier alpha value is -1.20. The molecule has 1 aliphatic rings. The number of rotatable bonds is 3. The van der Waals surface area contributed by atoms with E-state index in [2.05, 4.69) is 15.4 Å². The number of ether oxygens (including phenoxy) is 1. The average molecular weight is 236 g/mol. The topological polar surface area (TPSA) is 73.1 Å². The number of aryl methyl sites for hydroxylation is 1. The molecule has 94 valence electrons. The highest BCUT2D eigenvalue weighted by atomic mass is 16.5. The van der Waals surface area contributed by atoms with Gasteiger partial charge >= 0.3 is 0 Å². The molecule has 1 aromatic rings. The molecule has 0 aliphatic heterocycles. The molecule has 0 amide bonds. The lowest BCUT2D eigenvalue weighted by atomic mass is 9.84. The number of nitrogens with one attached hydrogen (secondary N) is 1. The molecule has 1 saturated carbocycles. The van der Waals surface area contributed by atoms with Crippen LogP contribution in [0.3, 0.4) is 0 Å². The third-order valence-electron chi connectivity index (χ3n) is 3.46. The van der Waals surface area contributed by atoms with Gasteiger partial charge < -0.3 is 10.2 Å². The summed E-state index contributed by atoms with van der Waals surface area (Å²) < 4.78 is 5.73. The number of methoxy groups -OCH3 is 1. The number of hydrogen-bond acceptors (Lipinski definition) is 5. The van der Waals surface area contributed by atoms with Crippen LogP contribution in [0, 0.1) is 6.92 Å². The van der Waals surface area contributed by atoms with Crippen LogP contribution in [0.5, 0.6) is 0 Å². The fourth-order valence-corrected chi connectivity index (χ4v) is 2.49. The Morgan fingerprint density at radius 2 is 2.00 bits per heavy atom. The first-order valence-corrected chi connectivity index (χ1v) is 6.08. The largest absolute Gasteiger partial charge is 0.370 e. The molecule has 1 aromatic heterocycles. The van der Waals surface area contributed by atoms with Crippen molar-refractivity contribution < 1.29 is 4.74 Å². The number of nitrogens with zero attached hydrogens (tertiary/aromatic N) is 2. The van der Waals surface area contributed by atoms with Crippen molar-refractivity contribution in [2.75, 3.05) is 12.5 Å². The summed E-state index contributed by atoms with van der Waals surface area (Å²) in [5.74, 6) is 6.83. The van der Waals surface area contributed by atoms with Crippen LogP contribution in [0.4, 0.5) is 5.82 Å². The van der Waals surface area contributed by atoms with Crippen LogP contribution < -0.4 is 11.3 Å². The van der Waals surface area contributed by atoms with Gasteiger partial charge in [0, 0.05) is 18.9 Å². The minimum Gasteiger partial charge on any atom is -0.370 e. The number of anilines is 1. The molecule has 1 fully saturated rings. The van der Waals surface area contributed by atoms with Gasteiger partial charge in [-0.3, -0.25) is 0 Å². The lowest BCUT2D eigenvalue weighted by Crippen LogP contribution is -2.34. The van der Waals surface area contributed by atoms with Gasteiger partial charge in [0.1, 0.15) is 11.4 Å². The van der Waals surface area contributed by atoms with E-state index in [1.165, 1.54) is 6.42 Å². The summed E-state index contributed by atoms with van der Waals surface area (Å²) in [6.07, 6.45) is 5.56. The quantitative estimate of drug-likeness (QED) is 0.619. The average Bonchev–Trinajstić information content (AvgIpc) is 2.38. The minimum atomic E-state index is -0.324. The van der Waals surface area contributed by atoms with Gasteiger partial charge in [-0.2, -0.15) is 0 Å². The minimum absolute atomic E-state index is 0.324. The fourth-order valence-electron chi connectivity index (χ4n) is 2.49. The molecule has 0 saturated heterocycles. The molecular weight excluding hydrogens is 216 g/mol. The molecule has 1 aliphatic carbocycles. The number of nitrogens with two attached hydrogens (primary N) is 1. The van der Waals surface area contributed by atoms with E-state index < -0.39 is 0 Å². The van der Waals surface area contributed by atoms with Gasteiger partial charge in [-0.05, 0) is 19.8 Å². The predicted molar refractivity (Wildman–Crippen MR) is 66.4 cm³/mol. The van der Waals surface area contributed by atoms with E-state index in [1.54, 1.807) is 7.11 Å². The second-order valence-corrected chi connectivity index (χ2v) is 4.62. The molecular formula is C12H20N4O. The molecule has 0 bridgehead atoms. The summed E-state index contributed by atoms with van der Waals surface area (Å²) in [4.78, 5) is 8.96. The van der Waals surface area contributed by atoms with Gasteiger partial charge in [0.05, 0.1) is 0 Å². The highest BCUT2D eigenvalue weighted by Crippen LogP contribution is 2.38. The predicted octanol–water partition coefficient (Wildman–Crippen LogP) is 1.88. The Bertz CT molecular complexity index is 388. The highest BCUT2D eigenvalue weighted by molar-refractivity contribution is 5.35. The van der Waals surface area contributed by atoms with Crippen molar-refractivity contribution in [2.24, 2.45) is 5.84 Å². The molecule has 5 heteroatoms. The Labute approximate surface area is 102 Å². The van der Waals surface area contributed by atoms with Crippen LogP contribution in [0.2, 0.25) is 0 Å². The first kappa shape index (κ1) is 12.3. The maximum atomic E-state index is 5.73. The zero-order chi connectivity index (χ0) is 12.3. The van der Waals surface area contributed by atoms with Crippen molar-refractivity contribution in [2.45, 2.75) is 44.6 Å². The van der Waals surface area contributed by atoms with Gasteiger partial charge in [0.2, 0.25) is 0 Å². The Balaban J connectivity index is 2.38. The maximum absolute atomic E-state index is 5.73. The molecule has 0 atom stereocenters. The molecule has 2 rings (SSSR count). The van der Waals surface area contributed by atoms with E-state index in [-0.39, 0.29) is 5.60 Å². The fraction of sp³-hybridized carbons (Fsp3) is 0.667. The van der Waals surface area contributed by atoms with Gasteiger partial charge in [-0.15, -0.1) is 0 Å². The molecule has 0 aromatic carbocycles. The van der Waals surface area contributed by atoms with E-state index in [1.807, 2.05) is 13.0 Å². The van der Waals surface area contributed by atoms with Gasteiger partial charge in [-0.1, -0.05) is 19.3 Å². The van der Waals surface area contributed by atoms with Crippen molar-refractivity contribution in [3.8, 4) is 0 Å². The van der Waals surface area contributed by atoms with E-state index in [4.69, 9.17) is 10.6 Å². The molecule has 3 N–H and O–H groups in total. The zero-order valence-electron chi connectivity index (χ0n) is 10.5. The van der Waals surface area contributed by atoms with E-state index in [0.29, 0.717) is 5.82 Å². The van der Waals surface area contributed by atoms with Crippen molar-refractivity contribution in [3.05, 3.63) is 17.6 Å². The van der Waals surface area contributed by atoms with E-state index in [0.717, 1.165) is 37.2 Å². The molecule has 0 unspecified atom stereocenters. The summed E-state index contributed by atoms with van der Waals surface area (Å²) in [5.41, 5.74) is 3.17. The summed E-state index contributed by atoms with van der Waals surface area (Å²) in [7, 11) is 1.74. The van der Waals surface area contributed by atoms with Crippen LogP contribution in [0.25, 0.3) is 0 Å². The Morgan fingerprint density at radius 1 is 1.29 bits per heavy atom. The lowest BCUT2D eigenvalue weighted by Gasteiger charge is -2.34. The zero-order valence-corrected chi connectivity index (χ0v) is 10.5. The molecule has 5 nitrogen and oxygen atoms in total. The summed E-state index contributed by atoms with van der Waals surface area (Å²) in [5, 5.41) is 0. The van der Waals surface area contributed by atoms with Crippen molar-refractivity contribution in [1.29, 1.82) is 0 Å². The molecule has 0 spiro atoms. The van der Waals surface area contributed by atoms with Gasteiger partial charge in [0.15, 0.2) is 5.82 Å². The van der Waals surface area contributed by atoms with Crippen molar-refractivity contribution in [1.82, 2.24) is 9.97 Å². The van der Waals surface area contributed by atoms with Crippen LogP contribution in [0.15, 0.2) is 6.07 Å². The SMILES string of the molecule is COC1(c2nc(C)cc(NN)n2)CCCCC1. The molecule has 0 radical (unpaired) electrons. The Morgan fingerprint density at radius 3 is 2.59 bits per heavy atom. The smallest absolute Gasteiger partial charge is 0.162 e. The number of aromatic nitrogens is 2. The monoisotopic (exact) mass is 236 g/mol. The first-order chi connectivity index (χ1) is 8.20. The standard InChI is InChI=1S/C12H20N4O/c1-9-8-10(16-13)15-11(14-9)12(17-2)6-4-3-5-7-12/h8H,3-7,13H2,1-2H3,(H,14,15,16). The molecule has 17 heavy (non-hydrogen) atoms. The third-order valence-corrected chi connectivity index (χ3v) is 3.46.